The standard InChI is InChI=1S/C9H8IN3O2/c10-7-2-4-12-6-8(7)13(9(14)15)5-1-3-11/h2,4,6H,1,5H2,(H,14,15). The van der Waals surface area contributed by atoms with E-state index < -0.39 is 6.09 Å². The average Bonchev–Trinajstić information content (AvgIpc) is 2.20. The van der Waals surface area contributed by atoms with Crippen LogP contribution in [0, 0.1) is 14.9 Å². The lowest BCUT2D eigenvalue weighted by atomic mass is 10.3. The van der Waals surface area contributed by atoms with Crippen LogP contribution >= 0.6 is 22.6 Å². The molecule has 0 bridgehead atoms. The predicted octanol–water partition coefficient (Wildman–Crippen LogP) is 2.08. The second-order valence-electron chi connectivity index (χ2n) is 2.67. The van der Waals surface area contributed by atoms with Gasteiger partial charge >= 0.3 is 6.09 Å². The van der Waals surface area contributed by atoms with Crippen LogP contribution in [-0.4, -0.2) is 22.7 Å². The van der Waals surface area contributed by atoms with Crippen molar-refractivity contribution in [2.75, 3.05) is 11.4 Å². The van der Waals surface area contributed by atoms with E-state index in [1.54, 1.807) is 12.3 Å². The minimum Gasteiger partial charge on any atom is -0.465 e. The molecule has 0 radical (unpaired) electrons. The second-order valence-corrected chi connectivity index (χ2v) is 3.83. The van der Waals surface area contributed by atoms with Gasteiger partial charge in [0.1, 0.15) is 0 Å². The van der Waals surface area contributed by atoms with Gasteiger partial charge in [0.25, 0.3) is 0 Å². The van der Waals surface area contributed by atoms with Crippen molar-refractivity contribution in [1.29, 1.82) is 5.26 Å². The van der Waals surface area contributed by atoms with Crippen LogP contribution in [-0.2, 0) is 0 Å². The first kappa shape index (κ1) is 11.7. The molecule has 0 aliphatic rings. The molecule has 78 valence electrons. The largest absolute Gasteiger partial charge is 0.465 e. The zero-order chi connectivity index (χ0) is 11.3. The van der Waals surface area contributed by atoms with Gasteiger partial charge in [0.2, 0.25) is 0 Å². The van der Waals surface area contributed by atoms with Crippen LogP contribution in [0.3, 0.4) is 0 Å². The van der Waals surface area contributed by atoms with Gasteiger partial charge in [-0.1, -0.05) is 0 Å². The van der Waals surface area contributed by atoms with E-state index in [-0.39, 0.29) is 13.0 Å². The van der Waals surface area contributed by atoms with Gasteiger partial charge in [-0.2, -0.15) is 5.26 Å². The molecule has 0 saturated carbocycles. The van der Waals surface area contributed by atoms with Crippen molar-refractivity contribution in [3.63, 3.8) is 0 Å². The number of carboxylic acid groups (broad SMARTS) is 1. The molecule has 5 nitrogen and oxygen atoms in total. The highest BCUT2D eigenvalue weighted by Crippen LogP contribution is 2.21. The molecule has 1 aromatic rings. The fourth-order valence-electron chi connectivity index (χ4n) is 1.05. The molecule has 1 amide bonds. The lowest BCUT2D eigenvalue weighted by Gasteiger charge is -2.18. The molecule has 0 atom stereocenters. The summed E-state index contributed by atoms with van der Waals surface area (Å²) in [4.78, 5) is 15.9. The molecule has 0 aliphatic carbocycles. The van der Waals surface area contributed by atoms with Crippen LogP contribution in [0.25, 0.3) is 0 Å². The van der Waals surface area contributed by atoms with Crippen LogP contribution in [0.15, 0.2) is 18.5 Å². The van der Waals surface area contributed by atoms with E-state index in [0.717, 1.165) is 8.47 Å². The SMILES string of the molecule is N#CCCN(C(=O)O)c1cnccc1I. The Labute approximate surface area is 100 Å². The van der Waals surface area contributed by atoms with Crippen LogP contribution in [0.1, 0.15) is 6.42 Å². The van der Waals surface area contributed by atoms with Crippen molar-refractivity contribution >= 4 is 34.4 Å². The molecular weight excluding hydrogens is 309 g/mol. The molecule has 0 fully saturated rings. The molecular formula is C9H8IN3O2. The average molecular weight is 317 g/mol. The van der Waals surface area contributed by atoms with Gasteiger partial charge in [-0.25, -0.2) is 4.79 Å². The number of hydrogen-bond donors (Lipinski definition) is 1. The summed E-state index contributed by atoms with van der Waals surface area (Å²) in [5, 5.41) is 17.4. The number of amides is 1. The fraction of sp³-hybridized carbons (Fsp3) is 0.222. The highest BCUT2D eigenvalue weighted by Gasteiger charge is 2.16. The molecule has 0 unspecified atom stereocenters. The highest BCUT2D eigenvalue weighted by atomic mass is 127. The van der Waals surface area contributed by atoms with E-state index in [1.807, 2.05) is 28.7 Å². The summed E-state index contributed by atoms with van der Waals surface area (Å²) in [7, 11) is 0. The minimum absolute atomic E-state index is 0.160. The summed E-state index contributed by atoms with van der Waals surface area (Å²) in [6.45, 7) is 0.160. The molecule has 1 heterocycles. The predicted molar refractivity (Wildman–Crippen MR) is 62.6 cm³/mol. The quantitative estimate of drug-likeness (QED) is 0.866. The molecule has 0 aliphatic heterocycles. The number of nitrogens with zero attached hydrogens (tertiary/aromatic N) is 3. The van der Waals surface area contributed by atoms with Gasteiger partial charge in [0.15, 0.2) is 0 Å². The van der Waals surface area contributed by atoms with Gasteiger partial charge < -0.3 is 5.11 Å². The summed E-state index contributed by atoms with van der Waals surface area (Å²) in [5.74, 6) is 0. The second kappa shape index (κ2) is 5.50. The van der Waals surface area contributed by atoms with Crippen LogP contribution in [0.2, 0.25) is 0 Å². The number of carbonyl (C=O) groups is 1. The molecule has 15 heavy (non-hydrogen) atoms. The first-order valence-corrected chi connectivity index (χ1v) is 5.21. The lowest BCUT2D eigenvalue weighted by molar-refractivity contribution is 0.202. The molecule has 0 spiro atoms. The Morgan fingerprint density at radius 3 is 3.00 bits per heavy atom. The van der Waals surface area contributed by atoms with E-state index in [1.165, 1.54) is 6.20 Å². The van der Waals surface area contributed by atoms with E-state index >= 15 is 0 Å². The summed E-state index contributed by atoms with van der Waals surface area (Å²) >= 11 is 2.03. The Morgan fingerprint density at radius 1 is 1.73 bits per heavy atom. The van der Waals surface area contributed by atoms with E-state index in [0.29, 0.717) is 5.69 Å². The van der Waals surface area contributed by atoms with Gasteiger partial charge in [-0.3, -0.25) is 9.88 Å². The number of pyridine rings is 1. The third-order valence-corrected chi connectivity index (χ3v) is 2.63. The highest BCUT2D eigenvalue weighted by molar-refractivity contribution is 14.1. The summed E-state index contributed by atoms with van der Waals surface area (Å²) < 4.78 is 0.794. The molecule has 6 heteroatoms. The van der Waals surface area contributed by atoms with Crippen LogP contribution < -0.4 is 4.90 Å². The third-order valence-electron chi connectivity index (χ3n) is 1.72. The molecule has 1 rings (SSSR count). The number of anilines is 1. The first-order valence-electron chi connectivity index (χ1n) is 4.13. The van der Waals surface area contributed by atoms with Crippen molar-refractivity contribution in [3.8, 4) is 6.07 Å². The maximum Gasteiger partial charge on any atom is 0.411 e. The maximum absolute atomic E-state index is 10.9. The maximum atomic E-state index is 10.9. The smallest absolute Gasteiger partial charge is 0.411 e. The zero-order valence-corrected chi connectivity index (χ0v) is 9.88. The normalized spacial score (nSPS) is 9.33. The Kier molecular flexibility index (Phi) is 4.30. The number of aromatic nitrogens is 1. The van der Waals surface area contributed by atoms with Gasteiger partial charge in [0.05, 0.1) is 24.4 Å². The van der Waals surface area contributed by atoms with E-state index in [9.17, 15) is 4.79 Å². The molecule has 1 N–H and O–H groups in total. The van der Waals surface area contributed by atoms with E-state index in [2.05, 4.69) is 4.98 Å². The lowest BCUT2D eigenvalue weighted by Crippen LogP contribution is -2.30. The summed E-state index contributed by atoms with van der Waals surface area (Å²) in [5.41, 5.74) is 0.515. The zero-order valence-electron chi connectivity index (χ0n) is 7.72. The van der Waals surface area contributed by atoms with Crippen molar-refractivity contribution in [3.05, 3.63) is 22.0 Å². The Bertz CT molecular complexity index is 403. The monoisotopic (exact) mass is 317 g/mol. The van der Waals surface area contributed by atoms with Gasteiger partial charge in [-0.05, 0) is 28.7 Å². The topological polar surface area (TPSA) is 77.2 Å². The molecule has 0 aromatic carbocycles. The number of halogens is 1. The summed E-state index contributed by atoms with van der Waals surface area (Å²) in [6, 6.07) is 3.63. The van der Waals surface area contributed by atoms with Crippen molar-refractivity contribution in [1.82, 2.24) is 4.98 Å². The minimum atomic E-state index is -1.07. The Balaban J connectivity index is 2.95. The van der Waals surface area contributed by atoms with Crippen LogP contribution in [0.5, 0.6) is 0 Å². The van der Waals surface area contributed by atoms with Crippen molar-refractivity contribution < 1.29 is 9.90 Å². The number of hydrogen-bond acceptors (Lipinski definition) is 3. The van der Waals surface area contributed by atoms with Crippen LogP contribution in [0.4, 0.5) is 10.5 Å². The fourth-order valence-corrected chi connectivity index (χ4v) is 1.64. The first-order chi connectivity index (χ1) is 7.16. The van der Waals surface area contributed by atoms with Gasteiger partial charge in [0, 0.05) is 16.3 Å². The molecule has 0 saturated heterocycles. The van der Waals surface area contributed by atoms with E-state index in [4.69, 9.17) is 10.4 Å². The number of rotatable bonds is 3. The summed E-state index contributed by atoms with van der Waals surface area (Å²) in [6.07, 6.45) is 2.16. The number of nitriles is 1. The third kappa shape index (κ3) is 3.06. The van der Waals surface area contributed by atoms with Gasteiger partial charge in [-0.15, -0.1) is 0 Å². The van der Waals surface area contributed by atoms with Crippen molar-refractivity contribution in [2.24, 2.45) is 0 Å². The molecule has 1 aromatic heterocycles. The Morgan fingerprint density at radius 2 is 2.47 bits per heavy atom. The Hall–Kier alpha value is -1.36. The van der Waals surface area contributed by atoms with Crippen molar-refractivity contribution in [2.45, 2.75) is 6.42 Å².